The molecule has 2 rings (SSSR count). The monoisotopic (exact) mass is 412 g/mol. The molecule has 30 heavy (non-hydrogen) atoms. The van der Waals surface area contributed by atoms with Gasteiger partial charge in [-0.1, -0.05) is 12.1 Å². The Bertz CT molecular complexity index is 930. The van der Waals surface area contributed by atoms with Gasteiger partial charge in [-0.2, -0.15) is 0 Å². The van der Waals surface area contributed by atoms with Crippen LogP contribution in [0.4, 0.5) is 16.2 Å². The Morgan fingerprint density at radius 2 is 1.57 bits per heavy atom. The van der Waals surface area contributed by atoms with Crippen LogP contribution in [0.15, 0.2) is 42.5 Å². The summed E-state index contributed by atoms with van der Waals surface area (Å²) in [5, 5.41) is 5.36. The summed E-state index contributed by atoms with van der Waals surface area (Å²) in [6.45, 7) is 10.6. The van der Waals surface area contributed by atoms with E-state index in [0.717, 1.165) is 11.1 Å². The minimum atomic E-state index is -0.975. The third-order valence-corrected chi connectivity index (χ3v) is 4.07. The number of amides is 2. The number of rotatable bonds is 5. The number of hydrogen-bond donors (Lipinski definition) is 2. The zero-order valence-corrected chi connectivity index (χ0v) is 18.2. The third-order valence-electron chi connectivity index (χ3n) is 4.07. The van der Waals surface area contributed by atoms with Crippen molar-refractivity contribution in [1.29, 1.82) is 0 Å². The predicted molar refractivity (Wildman–Crippen MR) is 116 cm³/mol. The normalized spacial score (nSPS) is 11.9. The van der Waals surface area contributed by atoms with E-state index in [1.54, 1.807) is 32.9 Å². The summed E-state index contributed by atoms with van der Waals surface area (Å²) in [7, 11) is 0. The van der Waals surface area contributed by atoms with Crippen LogP contribution in [-0.4, -0.2) is 29.7 Å². The summed E-state index contributed by atoms with van der Waals surface area (Å²) < 4.78 is 10.4. The summed E-state index contributed by atoms with van der Waals surface area (Å²) in [6, 6.07) is 11.8. The number of benzene rings is 2. The number of carbonyl (C=O) groups is 3. The molecule has 0 radical (unpaired) electrons. The summed E-state index contributed by atoms with van der Waals surface area (Å²) in [6.07, 6.45) is -1.56. The van der Waals surface area contributed by atoms with Crippen LogP contribution in [0.3, 0.4) is 0 Å². The SMILES string of the molecule is Cc1ccc(C)c(NC(=O)[C@H](C)OC(=O)c2ccc(NC(=O)OC(C)(C)C)cc2)c1. The summed E-state index contributed by atoms with van der Waals surface area (Å²) in [5.74, 6) is -1.05. The maximum atomic E-state index is 12.4. The molecule has 2 aromatic rings. The van der Waals surface area contributed by atoms with Crippen molar-refractivity contribution in [2.45, 2.75) is 53.2 Å². The van der Waals surface area contributed by atoms with E-state index in [1.807, 2.05) is 32.0 Å². The first-order chi connectivity index (χ1) is 13.9. The molecule has 0 saturated heterocycles. The second kappa shape index (κ2) is 9.43. The lowest BCUT2D eigenvalue weighted by molar-refractivity contribution is -0.123. The lowest BCUT2D eigenvalue weighted by Crippen LogP contribution is -2.30. The van der Waals surface area contributed by atoms with Crippen molar-refractivity contribution in [3.05, 3.63) is 59.2 Å². The van der Waals surface area contributed by atoms with Gasteiger partial charge in [-0.3, -0.25) is 10.1 Å². The number of hydrogen-bond acceptors (Lipinski definition) is 5. The molecule has 0 aromatic heterocycles. The molecule has 7 nitrogen and oxygen atoms in total. The van der Waals surface area contributed by atoms with Gasteiger partial charge >= 0.3 is 12.1 Å². The van der Waals surface area contributed by atoms with Crippen molar-refractivity contribution in [3.8, 4) is 0 Å². The highest BCUT2D eigenvalue weighted by Crippen LogP contribution is 2.18. The highest BCUT2D eigenvalue weighted by molar-refractivity contribution is 5.98. The molecule has 0 saturated carbocycles. The van der Waals surface area contributed by atoms with Crippen LogP contribution in [0.2, 0.25) is 0 Å². The lowest BCUT2D eigenvalue weighted by atomic mass is 10.1. The third kappa shape index (κ3) is 6.92. The highest BCUT2D eigenvalue weighted by atomic mass is 16.6. The van der Waals surface area contributed by atoms with Crippen LogP contribution in [0.25, 0.3) is 0 Å². The van der Waals surface area contributed by atoms with Crippen molar-refractivity contribution >= 4 is 29.3 Å². The highest BCUT2D eigenvalue weighted by Gasteiger charge is 2.20. The average molecular weight is 412 g/mol. The van der Waals surface area contributed by atoms with E-state index < -0.39 is 29.7 Å². The Morgan fingerprint density at radius 1 is 0.933 bits per heavy atom. The molecular weight excluding hydrogens is 384 g/mol. The topological polar surface area (TPSA) is 93.7 Å². The second-order valence-corrected chi connectivity index (χ2v) is 8.06. The summed E-state index contributed by atoms with van der Waals surface area (Å²) >= 11 is 0. The molecule has 0 aliphatic heterocycles. The van der Waals surface area contributed by atoms with Gasteiger partial charge in [0.15, 0.2) is 6.10 Å². The maximum absolute atomic E-state index is 12.4. The van der Waals surface area contributed by atoms with E-state index in [9.17, 15) is 14.4 Å². The molecule has 160 valence electrons. The maximum Gasteiger partial charge on any atom is 0.412 e. The number of carbonyl (C=O) groups excluding carboxylic acids is 3. The van der Waals surface area contributed by atoms with Crippen molar-refractivity contribution in [2.24, 2.45) is 0 Å². The Morgan fingerprint density at radius 3 is 2.17 bits per heavy atom. The van der Waals surface area contributed by atoms with Crippen LogP contribution in [0, 0.1) is 13.8 Å². The summed E-state index contributed by atoms with van der Waals surface area (Å²) in [4.78, 5) is 36.5. The van der Waals surface area contributed by atoms with Gasteiger partial charge in [0.1, 0.15) is 5.60 Å². The van der Waals surface area contributed by atoms with Crippen molar-refractivity contribution in [2.75, 3.05) is 10.6 Å². The largest absolute Gasteiger partial charge is 0.449 e. The quantitative estimate of drug-likeness (QED) is 0.686. The molecule has 2 N–H and O–H groups in total. The number of anilines is 2. The number of aryl methyl sites for hydroxylation is 2. The molecule has 0 spiro atoms. The smallest absolute Gasteiger partial charge is 0.412 e. The van der Waals surface area contributed by atoms with Gasteiger partial charge in [-0.05, 0) is 83.0 Å². The average Bonchev–Trinajstić information content (AvgIpc) is 2.63. The van der Waals surface area contributed by atoms with Crippen LogP contribution < -0.4 is 10.6 Å². The Balaban J connectivity index is 1.94. The van der Waals surface area contributed by atoms with Gasteiger partial charge in [-0.15, -0.1) is 0 Å². The van der Waals surface area contributed by atoms with Gasteiger partial charge < -0.3 is 14.8 Å². The van der Waals surface area contributed by atoms with Crippen LogP contribution in [-0.2, 0) is 14.3 Å². The van der Waals surface area contributed by atoms with Gasteiger partial charge in [0.05, 0.1) is 5.56 Å². The van der Waals surface area contributed by atoms with Crippen LogP contribution >= 0.6 is 0 Å². The minimum Gasteiger partial charge on any atom is -0.449 e. The molecular formula is C23H28N2O5. The van der Waals surface area contributed by atoms with E-state index in [4.69, 9.17) is 9.47 Å². The molecule has 0 fully saturated rings. The second-order valence-electron chi connectivity index (χ2n) is 8.06. The number of esters is 1. The molecule has 0 aliphatic rings. The molecule has 2 aromatic carbocycles. The zero-order valence-electron chi connectivity index (χ0n) is 18.2. The lowest BCUT2D eigenvalue weighted by Gasteiger charge is -2.19. The van der Waals surface area contributed by atoms with Crippen molar-refractivity contribution in [3.63, 3.8) is 0 Å². The summed E-state index contributed by atoms with van der Waals surface area (Å²) in [5.41, 5.74) is 2.74. The zero-order chi connectivity index (χ0) is 22.5. The standard InChI is InChI=1S/C23H28N2O5/c1-14-7-8-15(2)19(13-14)25-20(26)16(3)29-21(27)17-9-11-18(12-10-17)24-22(28)30-23(4,5)6/h7-13,16H,1-6H3,(H,24,28)(H,25,26)/t16-/m0/s1. The Kier molecular flexibility index (Phi) is 7.21. The van der Waals surface area contributed by atoms with Gasteiger partial charge in [-0.25, -0.2) is 9.59 Å². The predicted octanol–water partition coefficient (Wildman–Crippen LogP) is 4.83. The van der Waals surface area contributed by atoms with Crippen LogP contribution in [0.5, 0.6) is 0 Å². The fraction of sp³-hybridized carbons (Fsp3) is 0.348. The number of nitrogens with one attached hydrogen (secondary N) is 2. The Labute approximate surface area is 176 Å². The van der Waals surface area contributed by atoms with E-state index in [-0.39, 0.29) is 5.56 Å². The fourth-order valence-corrected chi connectivity index (χ4v) is 2.50. The van der Waals surface area contributed by atoms with E-state index in [0.29, 0.717) is 11.4 Å². The fourth-order valence-electron chi connectivity index (χ4n) is 2.50. The molecule has 1 atom stereocenters. The van der Waals surface area contributed by atoms with Crippen molar-refractivity contribution in [1.82, 2.24) is 0 Å². The van der Waals surface area contributed by atoms with Gasteiger partial charge in [0.25, 0.3) is 5.91 Å². The molecule has 2 amide bonds. The number of ether oxygens (including phenoxy) is 2. The molecule has 0 aliphatic carbocycles. The first-order valence-electron chi connectivity index (χ1n) is 9.64. The Hall–Kier alpha value is -3.35. The molecule has 0 bridgehead atoms. The molecule has 7 heteroatoms. The van der Waals surface area contributed by atoms with Gasteiger partial charge in [0.2, 0.25) is 0 Å². The first-order valence-corrected chi connectivity index (χ1v) is 9.64. The van der Waals surface area contributed by atoms with E-state index >= 15 is 0 Å². The minimum absolute atomic E-state index is 0.260. The van der Waals surface area contributed by atoms with E-state index in [2.05, 4.69) is 10.6 Å². The van der Waals surface area contributed by atoms with Gasteiger partial charge in [0, 0.05) is 11.4 Å². The van der Waals surface area contributed by atoms with E-state index in [1.165, 1.54) is 19.1 Å². The first kappa shape index (κ1) is 22.9. The molecule has 0 unspecified atom stereocenters. The molecule has 0 heterocycles. The van der Waals surface area contributed by atoms with Crippen LogP contribution in [0.1, 0.15) is 49.2 Å². The van der Waals surface area contributed by atoms with Crippen molar-refractivity contribution < 1.29 is 23.9 Å².